The predicted molar refractivity (Wildman–Crippen MR) is 95.0 cm³/mol. The highest BCUT2D eigenvalue weighted by atomic mass is 35.5. The zero-order valence-corrected chi connectivity index (χ0v) is 15.9. The average molecular weight is 438 g/mol. The van der Waals surface area contributed by atoms with E-state index in [1.807, 2.05) is 5.32 Å². The van der Waals surface area contributed by atoms with Crippen LogP contribution in [0.25, 0.3) is 0 Å². The summed E-state index contributed by atoms with van der Waals surface area (Å²) in [6.07, 6.45) is -3.71. The second-order valence-electron chi connectivity index (χ2n) is 5.81. The number of aromatic nitrogens is 1. The zero-order chi connectivity index (χ0) is 21.2. The molecule has 0 aliphatic carbocycles. The van der Waals surface area contributed by atoms with E-state index < -0.39 is 27.7 Å². The van der Waals surface area contributed by atoms with Crippen LogP contribution in [0.1, 0.15) is 12.6 Å². The average Bonchev–Trinajstić information content (AvgIpc) is 2.61. The molecule has 3 N–H and O–H groups in total. The van der Waals surface area contributed by atoms with Crippen molar-refractivity contribution in [3.63, 3.8) is 0 Å². The summed E-state index contributed by atoms with van der Waals surface area (Å²) in [5, 5.41) is 10.8. The normalized spacial score (nSPS) is 14.4. The Kier molecular flexibility index (Phi) is 6.34. The second-order valence-corrected chi connectivity index (χ2v) is 7.99. The lowest BCUT2D eigenvalue weighted by Crippen LogP contribution is -2.52. The van der Waals surface area contributed by atoms with Crippen molar-refractivity contribution in [1.29, 1.82) is 0 Å². The summed E-state index contributed by atoms with van der Waals surface area (Å²) in [4.78, 5) is 15.4. The lowest BCUT2D eigenvalue weighted by Gasteiger charge is -2.25. The van der Waals surface area contributed by atoms with Gasteiger partial charge in [-0.3, -0.25) is 9.78 Å². The van der Waals surface area contributed by atoms with E-state index in [1.54, 1.807) is 18.2 Å². The summed E-state index contributed by atoms with van der Waals surface area (Å²) in [6, 6.07) is 7.98. The van der Waals surface area contributed by atoms with Crippen LogP contribution in [0, 0.1) is 0 Å². The van der Waals surface area contributed by atoms with Gasteiger partial charge in [0.2, 0.25) is 15.6 Å². The molecule has 152 valence electrons. The molecule has 7 nitrogen and oxygen atoms in total. The number of carbonyl (C=O) groups is 1. The second kappa shape index (κ2) is 8.03. The van der Waals surface area contributed by atoms with Crippen molar-refractivity contribution in [2.75, 3.05) is 5.32 Å². The van der Waals surface area contributed by atoms with Crippen LogP contribution in [0.2, 0.25) is 5.02 Å². The molecule has 1 amide bonds. The Bertz CT molecular complexity index is 967. The third-order valence-electron chi connectivity index (χ3n) is 3.66. The number of halogens is 4. The van der Waals surface area contributed by atoms with E-state index in [4.69, 9.17) is 11.6 Å². The minimum atomic E-state index is -5.21. The fourth-order valence-corrected chi connectivity index (χ4v) is 3.21. The fourth-order valence-electron chi connectivity index (χ4n) is 1.89. The Morgan fingerprint density at radius 1 is 1.25 bits per heavy atom. The molecule has 1 unspecified atom stereocenters. The summed E-state index contributed by atoms with van der Waals surface area (Å²) in [6.45, 7) is 0.199. The van der Waals surface area contributed by atoms with Gasteiger partial charge in [-0.05, 0) is 37.3 Å². The number of sulfonamides is 1. The molecule has 0 bridgehead atoms. The number of nitrogens with one attached hydrogen (secondary N) is 2. The van der Waals surface area contributed by atoms with Crippen LogP contribution < -0.4 is 10.0 Å². The van der Waals surface area contributed by atoms with Gasteiger partial charge in [-0.2, -0.15) is 13.2 Å². The smallest absolute Gasteiger partial charge is 0.373 e. The molecular weight excluding hydrogens is 423 g/mol. The van der Waals surface area contributed by atoms with E-state index >= 15 is 0 Å². The molecular formula is C16H15ClF3N3O4S. The molecule has 0 aliphatic rings. The quantitative estimate of drug-likeness (QED) is 0.643. The minimum Gasteiger partial charge on any atom is -0.373 e. The first-order valence-electron chi connectivity index (χ1n) is 7.64. The molecule has 2 aromatic rings. The number of nitrogens with zero attached hydrogens (tertiary/aromatic N) is 1. The summed E-state index contributed by atoms with van der Waals surface area (Å²) in [7, 11) is -3.99. The van der Waals surface area contributed by atoms with Crippen LogP contribution in [0.4, 0.5) is 18.9 Å². The molecule has 1 atom stereocenters. The first-order chi connectivity index (χ1) is 12.8. The van der Waals surface area contributed by atoms with Crippen molar-refractivity contribution >= 4 is 33.2 Å². The van der Waals surface area contributed by atoms with Gasteiger partial charge < -0.3 is 10.4 Å². The van der Waals surface area contributed by atoms with Gasteiger partial charge in [-0.15, -0.1) is 0 Å². The standard InChI is InChI=1S/C16H15ClF3N3O4S/c1-15(25,16(18,19)20)14(24)23-13-6-5-11(8-12(13)17)28(26,27)22-9-10-4-2-3-7-21-10/h2-8,22,25H,9H2,1H3,(H,23,24). The highest BCUT2D eigenvalue weighted by molar-refractivity contribution is 7.89. The van der Waals surface area contributed by atoms with Crippen LogP contribution >= 0.6 is 11.6 Å². The van der Waals surface area contributed by atoms with Gasteiger partial charge in [-0.1, -0.05) is 17.7 Å². The number of aliphatic hydroxyl groups is 1. The highest BCUT2D eigenvalue weighted by Gasteiger charge is 2.55. The van der Waals surface area contributed by atoms with E-state index in [9.17, 15) is 31.5 Å². The number of hydrogen-bond acceptors (Lipinski definition) is 5. The monoisotopic (exact) mass is 437 g/mol. The maximum atomic E-state index is 12.7. The number of amides is 1. The van der Waals surface area contributed by atoms with Gasteiger partial charge in [-0.25, -0.2) is 13.1 Å². The number of carbonyl (C=O) groups excluding carboxylic acids is 1. The molecule has 0 aliphatic heterocycles. The van der Waals surface area contributed by atoms with Crippen molar-refractivity contribution in [2.24, 2.45) is 0 Å². The molecule has 2 rings (SSSR count). The lowest BCUT2D eigenvalue weighted by atomic mass is 10.1. The number of rotatable bonds is 6. The van der Waals surface area contributed by atoms with Crippen molar-refractivity contribution in [1.82, 2.24) is 9.71 Å². The summed E-state index contributed by atoms with van der Waals surface area (Å²) < 4.78 is 65.0. The maximum Gasteiger partial charge on any atom is 0.426 e. The Hall–Kier alpha value is -2.21. The van der Waals surface area contributed by atoms with Gasteiger partial charge in [0, 0.05) is 6.20 Å². The van der Waals surface area contributed by atoms with E-state index in [-0.39, 0.29) is 29.1 Å². The van der Waals surface area contributed by atoms with Crippen molar-refractivity contribution in [3.8, 4) is 0 Å². The Morgan fingerprint density at radius 3 is 2.46 bits per heavy atom. The number of benzene rings is 1. The number of pyridine rings is 1. The first kappa shape index (κ1) is 22.1. The molecule has 1 aromatic heterocycles. The summed E-state index contributed by atoms with van der Waals surface area (Å²) in [5.41, 5.74) is -3.47. The topological polar surface area (TPSA) is 108 Å². The Labute approximate surface area is 163 Å². The Balaban J connectivity index is 2.16. The van der Waals surface area contributed by atoms with E-state index in [0.717, 1.165) is 18.2 Å². The zero-order valence-electron chi connectivity index (χ0n) is 14.3. The van der Waals surface area contributed by atoms with E-state index in [1.165, 1.54) is 6.20 Å². The van der Waals surface area contributed by atoms with Gasteiger partial charge in [0.1, 0.15) is 0 Å². The van der Waals surface area contributed by atoms with Gasteiger partial charge >= 0.3 is 6.18 Å². The van der Waals surface area contributed by atoms with Crippen LogP contribution in [0.3, 0.4) is 0 Å². The van der Waals surface area contributed by atoms with Gasteiger partial charge in [0.25, 0.3) is 5.91 Å². The fraction of sp³-hybridized carbons (Fsp3) is 0.250. The van der Waals surface area contributed by atoms with Gasteiger partial charge in [0.15, 0.2) is 0 Å². The predicted octanol–water partition coefficient (Wildman–Crippen LogP) is 2.47. The van der Waals surface area contributed by atoms with E-state index in [0.29, 0.717) is 5.69 Å². The molecule has 1 aromatic carbocycles. The lowest BCUT2D eigenvalue weighted by molar-refractivity contribution is -0.242. The van der Waals surface area contributed by atoms with Crippen LogP contribution in [0.15, 0.2) is 47.5 Å². The number of anilines is 1. The number of alkyl halides is 3. The van der Waals surface area contributed by atoms with Crippen molar-refractivity contribution in [2.45, 2.75) is 30.1 Å². The minimum absolute atomic E-state index is 0.0896. The van der Waals surface area contributed by atoms with Crippen LogP contribution in [0.5, 0.6) is 0 Å². The van der Waals surface area contributed by atoms with E-state index in [2.05, 4.69) is 9.71 Å². The molecule has 0 fully saturated rings. The summed E-state index contributed by atoms with van der Waals surface area (Å²) in [5.74, 6) is -1.76. The van der Waals surface area contributed by atoms with Crippen LogP contribution in [-0.2, 0) is 21.4 Å². The van der Waals surface area contributed by atoms with Gasteiger partial charge in [0.05, 0.1) is 27.8 Å². The molecule has 12 heteroatoms. The molecule has 1 heterocycles. The Morgan fingerprint density at radius 2 is 1.93 bits per heavy atom. The SMILES string of the molecule is CC(O)(C(=O)Nc1ccc(S(=O)(=O)NCc2ccccn2)cc1Cl)C(F)(F)F. The molecule has 0 saturated carbocycles. The highest BCUT2D eigenvalue weighted by Crippen LogP contribution is 2.32. The molecule has 0 radical (unpaired) electrons. The maximum absolute atomic E-state index is 12.7. The molecule has 0 saturated heterocycles. The third-order valence-corrected chi connectivity index (χ3v) is 5.37. The van der Waals surface area contributed by atoms with Crippen molar-refractivity contribution < 1.29 is 31.5 Å². The largest absolute Gasteiger partial charge is 0.426 e. The molecule has 0 spiro atoms. The number of hydrogen-bond donors (Lipinski definition) is 3. The van der Waals surface area contributed by atoms with Crippen LogP contribution in [-0.4, -0.2) is 36.2 Å². The summed E-state index contributed by atoms with van der Waals surface area (Å²) >= 11 is 5.88. The molecule has 28 heavy (non-hydrogen) atoms. The first-order valence-corrected chi connectivity index (χ1v) is 9.50. The third kappa shape index (κ3) is 4.98. The van der Waals surface area contributed by atoms with Crippen molar-refractivity contribution in [3.05, 3.63) is 53.3 Å².